The van der Waals surface area contributed by atoms with Crippen LogP contribution < -0.4 is 0 Å². The van der Waals surface area contributed by atoms with Crippen LogP contribution in [0.3, 0.4) is 0 Å². The third-order valence-corrected chi connectivity index (χ3v) is 3.67. The topological polar surface area (TPSA) is 0 Å². The molecule has 20 heavy (non-hydrogen) atoms. The molecule has 1 heteroatoms. The van der Waals surface area contributed by atoms with Crippen molar-refractivity contribution >= 4 is 11.3 Å². The second kappa shape index (κ2) is 12.9. The second-order valence-corrected chi connectivity index (χ2v) is 4.98. The Bertz CT molecular complexity index is 433. The summed E-state index contributed by atoms with van der Waals surface area (Å²) in [6, 6.07) is 10.9. The molecule has 0 nitrogen and oxygen atoms in total. The van der Waals surface area contributed by atoms with Gasteiger partial charge in [0.1, 0.15) is 0 Å². The van der Waals surface area contributed by atoms with Crippen LogP contribution in [0.5, 0.6) is 0 Å². The van der Waals surface area contributed by atoms with Crippen molar-refractivity contribution in [2.24, 2.45) is 0 Å². The lowest BCUT2D eigenvalue weighted by Crippen LogP contribution is -1.74. The first-order chi connectivity index (χ1) is 9.66. The standard InChI is InChI=1S/C13H14S.3C2H6/c1-9-5-4-6-12(7-9)13-8-10(2)11(3)14-13;3*1-2/h4-8H,1-3H3;3*1-2H3. The lowest BCUT2D eigenvalue weighted by molar-refractivity contribution is 1.44. The summed E-state index contributed by atoms with van der Waals surface area (Å²) < 4.78 is 0. The van der Waals surface area contributed by atoms with Gasteiger partial charge in [-0.1, -0.05) is 71.4 Å². The maximum absolute atomic E-state index is 2.27. The molecule has 0 amide bonds. The minimum atomic E-state index is 1.33. The molecule has 0 aliphatic carbocycles. The van der Waals surface area contributed by atoms with Crippen LogP contribution in [0.2, 0.25) is 0 Å². The van der Waals surface area contributed by atoms with Crippen molar-refractivity contribution in [3.63, 3.8) is 0 Å². The van der Waals surface area contributed by atoms with E-state index in [0.29, 0.717) is 0 Å². The molecular formula is C19H32S. The molecule has 1 aromatic heterocycles. The largest absolute Gasteiger partial charge is 0.140 e. The average molecular weight is 293 g/mol. The Morgan fingerprint density at radius 3 is 1.70 bits per heavy atom. The molecular weight excluding hydrogens is 260 g/mol. The highest BCUT2D eigenvalue weighted by Crippen LogP contribution is 2.30. The van der Waals surface area contributed by atoms with Gasteiger partial charge in [-0.3, -0.25) is 0 Å². The van der Waals surface area contributed by atoms with Crippen LogP contribution in [0.4, 0.5) is 0 Å². The van der Waals surface area contributed by atoms with Crippen LogP contribution >= 0.6 is 11.3 Å². The fourth-order valence-electron chi connectivity index (χ4n) is 1.51. The summed E-state index contributed by atoms with van der Waals surface area (Å²) in [5.74, 6) is 0. The highest BCUT2D eigenvalue weighted by molar-refractivity contribution is 7.15. The SMILES string of the molecule is CC.CC.CC.Cc1cccc(-c2cc(C)c(C)s2)c1. The van der Waals surface area contributed by atoms with E-state index in [-0.39, 0.29) is 0 Å². The Labute approximate surface area is 130 Å². The minimum absolute atomic E-state index is 1.33. The van der Waals surface area contributed by atoms with Crippen LogP contribution in [0.1, 0.15) is 57.5 Å². The van der Waals surface area contributed by atoms with Crippen LogP contribution in [-0.2, 0) is 0 Å². The van der Waals surface area contributed by atoms with Crippen molar-refractivity contribution in [2.75, 3.05) is 0 Å². The normalized spacial score (nSPS) is 8.25. The molecule has 0 fully saturated rings. The van der Waals surface area contributed by atoms with Gasteiger partial charge in [0.05, 0.1) is 0 Å². The van der Waals surface area contributed by atoms with Crippen LogP contribution in [0.15, 0.2) is 30.3 Å². The maximum atomic E-state index is 2.27. The minimum Gasteiger partial charge on any atom is -0.140 e. The Hall–Kier alpha value is -1.08. The molecule has 0 saturated carbocycles. The number of aryl methyl sites for hydroxylation is 3. The van der Waals surface area contributed by atoms with Gasteiger partial charge in [-0.05, 0) is 38.0 Å². The summed E-state index contributed by atoms with van der Waals surface area (Å²) >= 11 is 1.88. The Morgan fingerprint density at radius 1 is 0.750 bits per heavy atom. The third kappa shape index (κ3) is 6.91. The van der Waals surface area contributed by atoms with Gasteiger partial charge < -0.3 is 0 Å². The summed E-state index contributed by atoms with van der Waals surface area (Å²) in [5.41, 5.74) is 4.06. The third-order valence-electron chi connectivity index (χ3n) is 2.47. The first-order valence-corrected chi connectivity index (χ1v) is 8.62. The van der Waals surface area contributed by atoms with E-state index < -0.39 is 0 Å². The van der Waals surface area contributed by atoms with Gasteiger partial charge in [0.2, 0.25) is 0 Å². The Balaban J connectivity index is 0. The van der Waals surface area contributed by atoms with Gasteiger partial charge in [-0.2, -0.15) is 0 Å². The zero-order valence-corrected chi connectivity index (χ0v) is 15.6. The number of hydrogen-bond acceptors (Lipinski definition) is 1. The quantitative estimate of drug-likeness (QED) is 0.513. The second-order valence-electron chi connectivity index (χ2n) is 3.72. The zero-order chi connectivity index (χ0) is 16.1. The molecule has 0 saturated heterocycles. The molecule has 0 N–H and O–H groups in total. The molecule has 0 bridgehead atoms. The molecule has 1 heterocycles. The van der Waals surface area contributed by atoms with Crippen molar-refractivity contribution in [2.45, 2.75) is 62.3 Å². The Morgan fingerprint density at radius 2 is 1.30 bits per heavy atom. The molecule has 2 aromatic rings. The van der Waals surface area contributed by atoms with Gasteiger partial charge in [-0.15, -0.1) is 11.3 Å². The predicted octanol–water partition coefficient (Wildman–Crippen LogP) is 7.42. The number of rotatable bonds is 1. The monoisotopic (exact) mass is 292 g/mol. The van der Waals surface area contributed by atoms with E-state index in [1.807, 2.05) is 52.9 Å². The van der Waals surface area contributed by atoms with E-state index in [0.717, 1.165) is 0 Å². The highest BCUT2D eigenvalue weighted by Gasteiger charge is 2.03. The predicted molar refractivity (Wildman–Crippen MR) is 98.0 cm³/mol. The first kappa shape index (κ1) is 21.2. The van der Waals surface area contributed by atoms with Crippen molar-refractivity contribution in [1.29, 1.82) is 0 Å². The van der Waals surface area contributed by atoms with Gasteiger partial charge in [0.25, 0.3) is 0 Å². The molecule has 1 aromatic carbocycles. The smallest absolute Gasteiger partial charge is 0.0348 e. The zero-order valence-electron chi connectivity index (χ0n) is 14.8. The fourth-order valence-corrected chi connectivity index (χ4v) is 2.54. The molecule has 2 rings (SSSR count). The maximum Gasteiger partial charge on any atom is 0.0348 e. The van der Waals surface area contributed by atoms with E-state index >= 15 is 0 Å². The van der Waals surface area contributed by atoms with Crippen LogP contribution in [0, 0.1) is 20.8 Å². The lowest BCUT2D eigenvalue weighted by Gasteiger charge is -1.97. The molecule has 0 unspecified atom stereocenters. The van der Waals surface area contributed by atoms with Gasteiger partial charge in [0.15, 0.2) is 0 Å². The summed E-state index contributed by atoms with van der Waals surface area (Å²) in [6.45, 7) is 18.5. The highest BCUT2D eigenvalue weighted by atomic mass is 32.1. The van der Waals surface area contributed by atoms with E-state index in [2.05, 4.69) is 51.1 Å². The van der Waals surface area contributed by atoms with E-state index in [1.54, 1.807) is 0 Å². The molecule has 0 radical (unpaired) electrons. The van der Waals surface area contributed by atoms with Crippen molar-refractivity contribution in [3.8, 4) is 10.4 Å². The van der Waals surface area contributed by atoms with E-state index in [1.165, 1.54) is 26.4 Å². The molecule has 0 spiro atoms. The number of thiophene rings is 1. The molecule has 0 aliphatic rings. The number of benzene rings is 1. The van der Waals surface area contributed by atoms with Crippen molar-refractivity contribution in [3.05, 3.63) is 46.3 Å². The summed E-state index contributed by atoms with van der Waals surface area (Å²) in [6.07, 6.45) is 0. The molecule has 0 aliphatic heterocycles. The Kier molecular flexibility index (Phi) is 13.7. The van der Waals surface area contributed by atoms with E-state index in [9.17, 15) is 0 Å². The van der Waals surface area contributed by atoms with Gasteiger partial charge in [-0.25, -0.2) is 0 Å². The van der Waals surface area contributed by atoms with Crippen molar-refractivity contribution < 1.29 is 0 Å². The van der Waals surface area contributed by atoms with Crippen LogP contribution in [0.25, 0.3) is 10.4 Å². The molecule has 0 atom stereocenters. The number of hydrogen-bond donors (Lipinski definition) is 0. The lowest BCUT2D eigenvalue weighted by atomic mass is 10.1. The first-order valence-electron chi connectivity index (χ1n) is 7.81. The summed E-state index contributed by atoms with van der Waals surface area (Å²) in [5, 5.41) is 0. The van der Waals surface area contributed by atoms with Crippen LogP contribution in [-0.4, -0.2) is 0 Å². The van der Waals surface area contributed by atoms with Gasteiger partial charge >= 0.3 is 0 Å². The summed E-state index contributed by atoms with van der Waals surface area (Å²) in [4.78, 5) is 2.80. The molecule has 114 valence electrons. The van der Waals surface area contributed by atoms with Gasteiger partial charge in [0, 0.05) is 9.75 Å². The van der Waals surface area contributed by atoms with Crippen molar-refractivity contribution in [1.82, 2.24) is 0 Å². The fraction of sp³-hybridized carbons (Fsp3) is 0.474. The average Bonchev–Trinajstić information content (AvgIpc) is 2.85. The van der Waals surface area contributed by atoms with E-state index in [4.69, 9.17) is 0 Å². The summed E-state index contributed by atoms with van der Waals surface area (Å²) in [7, 11) is 0.